The van der Waals surface area contributed by atoms with Crippen LogP contribution in [0.4, 0.5) is 0 Å². The molecule has 0 N–H and O–H groups in total. The number of epoxide rings is 1. The molecule has 3 aliphatic rings. The van der Waals surface area contributed by atoms with Crippen molar-refractivity contribution in [2.24, 2.45) is 0 Å². The highest BCUT2D eigenvalue weighted by Gasteiger charge is 2.57. The van der Waals surface area contributed by atoms with Gasteiger partial charge in [-0.05, 0) is 25.0 Å². The largest absolute Gasteiger partial charge is 0.368 e. The zero-order valence-corrected chi connectivity index (χ0v) is 11.2. The number of sulfonamides is 1. The van der Waals surface area contributed by atoms with Gasteiger partial charge < -0.3 is 4.74 Å². The van der Waals surface area contributed by atoms with E-state index >= 15 is 0 Å². The van der Waals surface area contributed by atoms with E-state index in [0.29, 0.717) is 4.90 Å². The van der Waals surface area contributed by atoms with Crippen molar-refractivity contribution in [3.63, 3.8) is 0 Å². The molecule has 5 heteroatoms. The van der Waals surface area contributed by atoms with Crippen molar-refractivity contribution in [1.29, 1.82) is 0 Å². The van der Waals surface area contributed by atoms with Crippen molar-refractivity contribution in [1.82, 2.24) is 4.31 Å². The summed E-state index contributed by atoms with van der Waals surface area (Å²) in [4.78, 5) is 0.374. The second-order valence-corrected chi connectivity index (χ2v) is 7.16. The standard InChI is InChI=1S/C14H15NO3S/c16-19(17,11-6-2-1-3-7-11)15-10-5-4-8-12(15)14-13(9-10)18-14/h1-7,10,12-14H,8-9H2. The molecule has 3 aliphatic heterocycles. The third kappa shape index (κ3) is 1.69. The summed E-state index contributed by atoms with van der Waals surface area (Å²) < 4.78 is 32.9. The number of benzene rings is 1. The van der Waals surface area contributed by atoms with Crippen LogP contribution < -0.4 is 0 Å². The predicted molar refractivity (Wildman–Crippen MR) is 70.1 cm³/mol. The third-order valence-corrected chi connectivity index (χ3v) is 6.15. The van der Waals surface area contributed by atoms with Crippen LogP contribution in [-0.2, 0) is 14.8 Å². The maximum absolute atomic E-state index is 12.8. The lowest BCUT2D eigenvalue weighted by Crippen LogP contribution is -2.54. The van der Waals surface area contributed by atoms with Crippen LogP contribution in [0.3, 0.4) is 0 Å². The van der Waals surface area contributed by atoms with Crippen LogP contribution in [0.5, 0.6) is 0 Å². The van der Waals surface area contributed by atoms with Gasteiger partial charge >= 0.3 is 0 Å². The summed E-state index contributed by atoms with van der Waals surface area (Å²) >= 11 is 0. The summed E-state index contributed by atoms with van der Waals surface area (Å²) in [5, 5.41) is 0. The average molecular weight is 277 g/mol. The van der Waals surface area contributed by atoms with E-state index in [1.54, 1.807) is 28.6 Å². The molecule has 4 nitrogen and oxygen atoms in total. The molecule has 1 aromatic rings. The molecule has 2 fully saturated rings. The fraction of sp³-hybridized carbons (Fsp3) is 0.429. The second kappa shape index (κ2) is 3.91. The van der Waals surface area contributed by atoms with Gasteiger partial charge in [-0.1, -0.05) is 30.4 Å². The van der Waals surface area contributed by atoms with E-state index in [1.165, 1.54) is 0 Å². The Morgan fingerprint density at radius 3 is 2.79 bits per heavy atom. The Morgan fingerprint density at radius 1 is 1.21 bits per heavy atom. The van der Waals surface area contributed by atoms with Crippen molar-refractivity contribution in [3.8, 4) is 0 Å². The van der Waals surface area contributed by atoms with Gasteiger partial charge in [0.05, 0.1) is 17.0 Å². The van der Waals surface area contributed by atoms with E-state index in [4.69, 9.17) is 4.74 Å². The molecular formula is C14H15NO3S. The van der Waals surface area contributed by atoms with Crippen LogP contribution in [0.25, 0.3) is 0 Å². The van der Waals surface area contributed by atoms with Crippen LogP contribution in [0.2, 0.25) is 0 Å². The van der Waals surface area contributed by atoms with Gasteiger partial charge in [-0.2, -0.15) is 4.31 Å². The summed E-state index contributed by atoms with van der Waals surface area (Å²) in [6, 6.07) is 8.60. The molecule has 0 aliphatic carbocycles. The molecule has 2 saturated heterocycles. The highest BCUT2D eigenvalue weighted by molar-refractivity contribution is 7.89. The van der Waals surface area contributed by atoms with Crippen LogP contribution >= 0.6 is 0 Å². The molecule has 4 unspecified atom stereocenters. The molecule has 3 heterocycles. The van der Waals surface area contributed by atoms with Gasteiger partial charge in [0.2, 0.25) is 10.0 Å². The number of hydrogen-bond acceptors (Lipinski definition) is 3. The predicted octanol–water partition coefficient (Wildman–Crippen LogP) is 1.55. The van der Waals surface area contributed by atoms with Gasteiger partial charge in [0.25, 0.3) is 0 Å². The lowest BCUT2D eigenvalue weighted by Gasteiger charge is -2.39. The zero-order chi connectivity index (χ0) is 13.0. The molecule has 0 amide bonds. The average Bonchev–Trinajstić information content (AvgIpc) is 3.18. The lowest BCUT2D eigenvalue weighted by atomic mass is 9.92. The summed E-state index contributed by atoms with van der Waals surface area (Å²) in [6.45, 7) is 0. The number of piperidine rings is 1. The van der Waals surface area contributed by atoms with E-state index in [1.807, 2.05) is 12.1 Å². The van der Waals surface area contributed by atoms with E-state index in [0.717, 1.165) is 12.8 Å². The van der Waals surface area contributed by atoms with E-state index in [2.05, 4.69) is 6.08 Å². The zero-order valence-electron chi connectivity index (χ0n) is 10.3. The van der Waals surface area contributed by atoms with Crippen molar-refractivity contribution in [2.75, 3.05) is 0 Å². The van der Waals surface area contributed by atoms with Crippen LogP contribution in [0.1, 0.15) is 12.8 Å². The van der Waals surface area contributed by atoms with Crippen LogP contribution in [0, 0.1) is 0 Å². The SMILES string of the molecule is O=S(=O)(c1ccccc1)N1C2C=CCC1C1OC1C2. The minimum Gasteiger partial charge on any atom is -0.368 e. The second-order valence-electron chi connectivity index (χ2n) is 5.32. The Labute approximate surface area is 112 Å². The van der Waals surface area contributed by atoms with Crippen molar-refractivity contribution in [2.45, 2.75) is 42.0 Å². The van der Waals surface area contributed by atoms with Gasteiger partial charge in [0, 0.05) is 6.04 Å². The summed E-state index contributed by atoms with van der Waals surface area (Å²) in [5.41, 5.74) is 0. The monoisotopic (exact) mass is 277 g/mol. The van der Waals surface area contributed by atoms with Crippen LogP contribution in [-0.4, -0.2) is 37.0 Å². The molecule has 4 rings (SSSR count). The normalized spacial score (nSPS) is 36.8. The minimum atomic E-state index is -3.43. The number of nitrogens with zero attached hydrogens (tertiary/aromatic N) is 1. The molecule has 4 atom stereocenters. The molecule has 0 radical (unpaired) electrons. The highest BCUT2D eigenvalue weighted by atomic mass is 32.2. The highest BCUT2D eigenvalue weighted by Crippen LogP contribution is 2.44. The van der Waals surface area contributed by atoms with Gasteiger partial charge in [-0.3, -0.25) is 0 Å². The molecule has 0 aromatic heterocycles. The Hall–Kier alpha value is -1.17. The third-order valence-electron chi connectivity index (χ3n) is 4.18. The van der Waals surface area contributed by atoms with Crippen molar-refractivity contribution < 1.29 is 13.2 Å². The summed E-state index contributed by atoms with van der Waals surface area (Å²) in [7, 11) is -3.43. The number of fused-ring (bicyclic) bond motifs is 4. The topological polar surface area (TPSA) is 49.9 Å². The van der Waals surface area contributed by atoms with E-state index in [9.17, 15) is 8.42 Å². The lowest BCUT2D eigenvalue weighted by molar-refractivity contribution is 0.216. The smallest absolute Gasteiger partial charge is 0.243 e. The van der Waals surface area contributed by atoms with E-state index in [-0.39, 0.29) is 24.3 Å². The van der Waals surface area contributed by atoms with E-state index < -0.39 is 10.0 Å². The molecular weight excluding hydrogens is 262 g/mol. The fourth-order valence-corrected chi connectivity index (χ4v) is 5.08. The number of ether oxygens (including phenoxy) is 1. The maximum Gasteiger partial charge on any atom is 0.243 e. The van der Waals surface area contributed by atoms with Crippen LogP contribution in [0.15, 0.2) is 47.4 Å². The first kappa shape index (κ1) is 11.6. The molecule has 0 spiro atoms. The Bertz CT molecular complexity index is 625. The number of hydrogen-bond donors (Lipinski definition) is 0. The summed E-state index contributed by atoms with van der Waals surface area (Å²) in [6.07, 6.45) is 5.99. The minimum absolute atomic E-state index is 0.0287. The molecule has 0 saturated carbocycles. The fourth-order valence-electron chi connectivity index (χ4n) is 3.26. The maximum atomic E-state index is 12.8. The van der Waals surface area contributed by atoms with Gasteiger partial charge in [-0.25, -0.2) is 8.42 Å². The Kier molecular flexibility index (Phi) is 2.40. The molecule has 19 heavy (non-hydrogen) atoms. The van der Waals surface area contributed by atoms with Gasteiger partial charge in [0.1, 0.15) is 6.10 Å². The quantitative estimate of drug-likeness (QED) is 0.608. The first-order valence-electron chi connectivity index (χ1n) is 6.58. The van der Waals surface area contributed by atoms with Crippen molar-refractivity contribution in [3.05, 3.63) is 42.5 Å². The molecule has 2 bridgehead atoms. The molecule has 100 valence electrons. The Morgan fingerprint density at radius 2 is 2.00 bits per heavy atom. The Balaban J connectivity index is 1.78. The number of rotatable bonds is 2. The van der Waals surface area contributed by atoms with Gasteiger partial charge in [-0.15, -0.1) is 0 Å². The first-order chi connectivity index (χ1) is 9.18. The van der Waals surface area contributed by atoms with Crippen molar-refractivity contribution >= 4 is 10.0 Å². The molecule has 1 aromatic carbocycles. The van der Waals surface area contributed by atoms with Gasteiger partial charge in [0.15, 0.2) is 0 Å². The first-order valence-corrected chi connectivity index (χ1v) is 8.02. The summed E-state index contributed by atoms with van der Waals surface area (Å²) in [5.74, 6) is 0.